The number of rotatable bonds is 5. The fourth-order valence-corrected chi connectivity index (χ4v) is 4.60. The predicted octanol–water partition coefficient (Wildman–Crippen LogP) is 3.43. The molecule has 0 aliphatic carbocycles. The van der Waals surface area contributed by atoms with Crippen molar-refractivity contribution in [1.29, 1.82) is 0 Å². The van der Waals surface area contributed by atoms with Crippen LogP contribution in [0.3, 0.4) is 0 Å². The van der Waals surface area contributed by atoms with Gasteiger partial charge in [0.2, 0.25) is 10.0 Å². The Kier molecular flexibility index (Phi) is 5.17. The Hall–Kier alpha value is -2.16. The van der Waals surface area contributed by atoms with Crippen LogP contribution in [0.4, 0.5) is 5.69 Å². The molecule has 2 aromatic rings. The Morgan fingerprint density at radius 2 is 1.96 bits per heavy atom. The molecule has 0 spiro atoms. The van der Waals surface area contributed by atoms with Crippen molar-refractivity contribution >= 4 is 37.6 Å². The molecule has 8 heteroatoms. The summed E-state index contributed by atoms with van der Waals surface area (Å²) in [5.41, 5.74) is 2.14. The Morgan fingerprint density at radius 3 is 2.58 bits per heavy atom. The number of benzene rings is 2. The van der Waals surface area contributed by atoms with Gasteiger partial charge in [0.15, 0.2) is 0 Å². The van der Waals surface area contributed by atoms with Gasteiger partial charge in [0, 0.05) is 15.7 Å². The summed E-state index contributed by atoms with van der Waals surface area (Å²) in [6, 6.07) is 10.9. The first-order chi connectivity index (χ1) is 12.3. The van der Waals surface area contributed by atoms with Crippen molar-refractivity contribution < 1.29 is 18.3 Å². The van der Waals surface area contributed by atoms with Crippen LogP contribution in [0.1, 0.15) is 24.1 Å². The largest absolute Gasteiger partial charge is 0.477 e. The lowest BCUT2D eigenvalue weighted by atomic mass is 9.93. The van der Waals surface area contributed by atoms with Crippen LogP contribution in [0.5, 0.6) is 0 Å². The van der Waals surface area contributed by atoms with E-state index < -0.39 is 22.0 Å². The third-order valence-corrected chi connectivity index (χ3v) is 6.01. The monoisotopic (exact) mass is 436 g/mol. The van der Waals surface area contributed by atoms with Gasteiger partial charge in [-0.2, -0.15) is 4.72 Å². The molecule has 0 bridgehead atoms. The van der Waals surface area contributed by atoms with Crippen LogP contribution in [0, 0.1) is 0 Å². The quantitative estimate of drug-likeness (QED) is 0.666. The fraction of sp³-hybridized carbons (Fsp3) is 0.167. The SMILES string of the molecule is CCc1cc(Br)cc2c1C(NS(=O)(=O)c1ccccc1)C=C(C(=O)O)N2. The summed E-state index contributed by atoms with van der Waals surface area (Å²) in [7, 11) is -3.81. The summed E-state index contributed by atoms with van der Waals surface area (Å²) in [6.45, 7) is 1.96. The van der Waals surface area contributed by atoms with Gasteiger partial charge in [-0.3, -0.25) is 0 Å². The van der Waals surface area contributed by atoms with Gasteiger partial charge >= 0.3 is 5.97 Å². The smallest absolute Gasteiger partial charge is 0.352 e. The van der Waals surface area contributed by atoms with Crippen molar-refractivity contribution in [2.45, 2.75) is 24.3 Å². The van der Waals surface area contributed by atoms with E-state index in [9.17, 15) is 18.3 Å². The highest BCUT2D eigenvalue weighted by atomic mass is 79.9. The highest BCUT2D eigenvalue weighted by Gasteiger charge is 2.29. The van der Waals surface area contributed by atoms with E-state index in [1.54, 1.807) is 24.3 Å². The molecule has 26 heavy (non-hydrogen) atoms. The molecule has 1 aliphatic rings. The summed E-state index contributed by atoms with van der Waals surface area (Å²) >= 11 is 3.41. The summed E-state index contributed by atoms with van der Waals surface area (Å²) < 4.78 is 28.9. The van der Waals surface area contributed by atoms with Crippen LogP contribution in [0.2, 0.25) is 0 Å². The van der Waals surface area contributed by atoms with Crippen molar-refractivity contribution in [3.63, 3.8) is 0 Å². The highest BCUT2D eigenvalue weighted by molar-refractivity contribution is 9.10. The maximum absolute atomic E-state index is 12.7. The molecule has 0 radical (unpaired) electrons. The van der Waals surface area contributed by atoms with E-state index in [2.05, 4.69) is 26.0 Å². The van der Waals surface area contributed by atoms with Crippen molar-refractivity contribution in [1.82, 2.24) is 4.72 Å². The number of halogens is 1. The number of carbonyl (C=O) groups is 1. The van der Waals surface area contributed by atoms with Gasteiger partial charge in [-0.15, -0.1) is 0 Å². The topological polar surface area (TPSA) is 95.5 Å². The van der Waals surface area contributed by atoms with E-state index in [-0.39, 0.29) is 10.6 Å². The molecule has 3 rings (SSSR count). The van der Waals surface area contributed by atoms with E-state index in [4.69, 9.17) is 0 Å². The van der Waals surface area contributed by atoms with Gasteiger partial charge in [-0.25, -0.2) is 13.2 Å². The van der Waals surface area contributed by atoms with E-state index in [1.165, 1.54) is 18.2 Å². The number of carboxylic acids is 1. The maximum atomic E-state index is 12.7. The minimum atomic E-state index is -3.81. The van der Waals surface area contributed by atoms with Gasteiger partial charge < -0.3 is 10.4 Å². The molecule has 3 N–H and O–H groups in total. The van der Waals surface area contributed by atoms with Crippen LogP contribution < -0.4 is 10.0 Å². The molecule has 0 fully saturated rings. The standard InChI is InChI=1S/C18H17BrN2O4S/c1-2-11-8-12(19)9-14-17(11)15(10-16(20-14)18(22)23)21-26(24,25)13-6-4-3-5-7-13/h3-10,15,20-21H,2H2,1H3,(H,22,23). The maximum Gasteiger partial charge on any atom is 0.352 e. The van der Waals surface area contributed by atoms with Gasteiger partial charge in [0.1, 0.15) is 5.70 Å². The predicted molar refractivity (Wildman–Crippen MR) is 102 cm³/mol. The van der Waals surface area contributed by atoms with Crippen molar-refractivity contribution in [3.05, 3.63) is 69.8 Å². The minimum absolute atomic E-state index is 0.0709. The molecule has 1 unspecified atom stereocenters. The number of sulfonamides is 1. The normalized spacial score (nSPS) is 16.4. The van der Waals surface area contributed by atoms with Crippen molar-refractivity contribution in [2.24, 2.45) is 0 Å². The van der Waals surface area contributed by atoms with Gasteiger partial charge in [0.05, 0.1) is 10.9 Å². The third kappa shape index (κ3) is 3.67. The van der Waals surface area contributed by atoms with Gasteiger partial charge in [-0.05, 0) is 42.3 Å². The molecule has 0 amide bonds. The first-order valence-corrected chi connectivity index (χ1v) is 10.2. The van der Waals surface area contributed by atoms with Crippen LogP contribution in [-0.2, 0) is 21.2 Å². The molecule has 6 nitrogen and oxygen atoms in total. The Labute approximate surface area is 160 Å². The van der Waals surface area contributed by atoms with E-state index >= 15 is 0 Å². The summed E-state index contributed by atoms with van der Waals surface area (Å²) in [6.07, 6.45) is 2.06. The summed E-state index contributed by atoms with van der Waals surface area (Å²) in [5.74, 6) is -1.16. The number of hydrogen-bond acceptors (Lipinski definition) is 4. The van der Waals surface area contributed by atoms with Crippen molar-refractivity contribution in [2.75, 3.05) is 5.32 Å². The van der Waals surface area contributed by atoms with Crippen LogP contribution in [0.25, 0.3) is 0 Å². The zero-order valence-electron chi connectivity index (χ0n) is 13.9. The van der Waals surface area contributed by atoms with E-state index in [0.29, 0.717) is 12.1 Å². The number of fused-ring (bicyclic) bond motifs is 1. The molecule has 2 aromatic carbocycles. The van der Waals surface area contributed by atoms with Crippen LogP contribution in [-0.4, -0.2) is 19.5 Å². The van der Waals surface area contributed by atoms with Gasteiger partial charge in [0.25, 0.3) is 0 Å². The second-order valence-corrected chi connectivity index (χ2v) is 8.43. The Bertz CT molecular complexity index is 988. The van der Waals surface area contributed by atoms with Gasteiger partial charge in [-0.1, -0.05) is 41.1 Å². The zero-order chi connectivity index (χ0) is 18.9. The fourth-order valence-electron chi connectivity index (χ4n) is 2.93. The van der Waals surface area contributed by atoms with Crippen LogP contribution >= 0.6 is 15.9 Å². The number of anilines is 1. The molecule has 1 heterocycles. The number of carboxylic acid groups (broad SMARTS) is 1. The second kappa shape index (κ2) is 7.22. The first-order valence-electron chi connectivity index (χ1n) is 7.93. The lowest BCUT2D eigenvalue weighted by Crippen LogP contribution is -2.32. The highest BCUT2D eigenvalue weighted by Crippen LogP contribution is 2.37. The molecular weight excluding hydrogens is 420 g/mol. The molecule has 0 saturated carbocycles. The lowest BCUT2D eigenvalue weighted by Gasteiger charge is -2.28. The molecule has 0 saturated heterocycles. The minimum Gasteiger partial charge on any atom is -0.477 e. The van der Waals surface area contributed by atoms with E-state index in [1.807, 2.05) is 13.0 Å². The molecule has 1 aliphatic heterocycles. The Balaban J connectivity index is 2.10. The third-order valence-electron chi connectivity index (χ3n) is 4.09. The zero-order valence-corrected chi connectivity index (χ0v) is 16.3. The second-order valence-electron chi connectivity index (χ2n) is 5.80. The average Bonchev–Trinajstić information content (AvgIpc) is 2.60. The molecule has 1 atom stereocenters. The number of hydrogen-bond donors (Lipinski definition) is 3. The average molecular weight is 437 g/mol. The molecule has 0 aromatic heterocycles. The lowest BCUT2D eigenvalue weighted by molar-refractivity contribution is -0.132. The van der Waals surface area contributed by atoms with Crippen molar-refractivity contribution in [3.8, 4) is 0 Å². The number of aryl methyl sites for hydroxylation is 1. The summed E-state index contributed by atoms with van der Waals surface area (Å²) in [5, 5.41) is 12.2. The molecular formula is C18H17BrN2O4S. The van der Waals surface area contributed by atoms with E-state index in [0.717, 1.165) is 15.6 Å². The molecule has 136 valence electrons. The number of nitrogens with one attached hydrogen (secondary N) is 2. The first kappa shape index (κ1) is 18.6. The summed E-state index contributed by atoms with van der Waals surface area (Å²) in [4.78, 5) is 11.6. The number of aliphatic carboxylic acids is 1. The van der Waals surface area contributed by atoms with Crippen LogP contribution in [0.15, 0.2) is 63.6 Å². The Morgan fingerprint density at radius 1 is 1.27 bits per heavy atom.